The second-order valence-electron chi connectivity index (χ2n) is 9.23. The summed E-state index contributed by atoms with van der Waals surface area (Å²) in [6.45, 7) is 16.7. The first-order valence-corrected chi connectivity index (χ1v) is 9.14. The Morgan fingerprint density at radius 3 is 2.08 bits per heavy atom. The summed E-state index contributed by atoms with van der Waals surface area (Å²) in [4.78, 5) is 14.4. The van der Waals surface area contributed by atoms with E-state index in [2.05, 4.69) is 61.5 Å². The zero-order valence-corrected chi connectivity index (χ0v) is 16.8. The minimum atomic E-state index is -0.373. The number of rotatable bonds is 2. The first kappa shape index (κ1) is 18.5. The van der Waals surface area contributed by atoms with Crippen LogP contribution in [0.25, 0.3) is 0 Å². The van der Waals surface area contributed by atoms with E-state index in [0.717, 1.165) is 16.7 Å². The van der Waals surface area contributed by atoms with Gasteiger partial charge in [-0.05, 0) is 70.1 Å². The van der Waals surface area contributed by atoms with Gasteiger partial charge in [-0.1, -0.05) is 19.9 Å². The molecule has 4 nitrogen and oxygen atoms in total. The molecule has 5 heteroatoms. The molecule has 0 radical (unpaired) electrons. The largest absolute Gasteiger partial charge is 0.495 e. The molecule has 1 aromatic rings. The van der Waals surface area contributed by atoms with Gasteiger partial charge in [-0.2, -0.15) is 0 Å². The SMILES string of the molecule is Cc1cc(N2C(=O)CC(C)(C)C2C)ccc1B1OC(C)(C)C(C)(C)O1. The van der Waals surface area contributed by atoms with Crippen LogP contribution in [0.2, 0.25) is 0 Å². The van der Waals surface area contributed by atoms with Gasteiger partial charge in [0.25, 0.3) is 0 Å². The number of aryl methyl sites for hydroxylation is 1. The summed E-state index contributed by atoms with van der Waals surface area (Å²) in [6, 6.07) is 6.32. The minimum absolute atomic E-state index is 0.00458. The zero-order chi connectivity index (χ0) is 18.8. The second kappa shape index (κ2) is 5.58. The van der Waals surface area contributed by atoms with Crippen molar-refractivity contribution < 1.29 is 14.1 Å². The summed E-state index contributed by atoms with van der Waals surface area (Å²) in [6.07, 6.45) is 0.589. The van der Waals surface area contributed by atoms with Crippen molar-refractivity contribution in [2.75, 3.05) is 4.90 Å². The van der Waals surface area contributed by atoms with Crippen molar-refractivity contribution in [1.29, 1.82) is 0 Å². The van der Waals surface area contributed by atoms with Crippen LogP contribution in [0.4, 0.5) is 5.69 Å². The van der Waals surface area contributed by atoms with Crippen molar-refractivity contribution >= 4 is 24.2 Å². The molecule has 1 unspecified atom stereocenters. The maximum atomic E-state index is 12.5. The number of hydrogen-bond acceptors (Lipinski definition) is 3. The van der Waals surface area contributed by atoms with E-state index in [1.807, 2.05) is 17.0 Å². The fraction of sp³-hybridized carbons (Fsp3) is 0.650. The fourth-order valence-electron chi connectivity index (χ4n) is 3.60. The lowest BCUT2D eigenvalue weighted by Gasteiger charge is -2.32. The molecule has 1 amide bonds. The van der Waals surface area contributed by atoms with Gasteiger partial charge < -0.3 is 14.2 Å². The van der Waals surface area contributed by atoms with Gasteiger partial charge in [0.15, 0.2) is 0 Å². The number of benzene rings is 1. The molecule has 25 heavy (non-hydrogen) atoms. The quantitative estimate of drug-likeness (QED) is 0.772. The van der Waals surface area contributed by atoms with Gasteiger partial charge in [0.05, 0.1) is 11.2 Å². The Balaban J connectivity index is 1.89. The van der Waals surface area contributed by atoms with Crippen LogP contribution in [0.3, 0.4) is 0 Å². The third kappa shape index (κ3) is 2.91. The highest BCUT2D eigenvalue weighted by molar-refractivity contribution is 6.62. The highest BCUT2D eigenvalue weighted by atomic mass is 16.7. The van der Waals surface area contributed by atoms with Gasteiger partial charge in [-0.15, -0.1) is 0 Å². The van der Waals surface area contributed by atoms with Gasteiger partial charge in [-0.3, -0.25) is 4.79 Å². The molecule has 0 aliphatic carbocycles. The maximum Gasteiger partial charge on any atom is 0.495 e. The van der Waals surface area contributed by atoms with Gasteiger partial charge in [0.1, 0.15) is 0 Å². The van der Waals surface area contributed by atoms with Crippen LogP contribution < -0.4 is 10.4 Å². The van der Waals surface area contributed by atoms with E-state index < -0.39 is 0 Å². The predicted molar refractivity (Wildman–Crippen MR) is 102 cm³/mol. The first-order chi connectivity index (χ1) is 11.4. The van der Waals surface area contributed by atoms with Crippen LogP contribution in [0.5, 0.6) is 0 Å². The Kier molecular flexibility index (Phi) is 4.12. The topological polar surface area (TPSA) is 38.8 Å². The van der Waals surface area contributed by atoms with Gasteiger partial charge in [-0.25, -0.2) is 0 Å². The Morgan fingerprint density at radius 2 is 1.64 bits per heavy atom. The number of nitrogens with zero attached hydrogens (tertiary/aromatic N) is 1. The summed E-state index contributed by atoms with van der Waals surface area (Å²) in [5.41, 5.74) is 2.36. The minimum Gasteiger partial charge on any atom is -0.399 e. The molecule has 0 N–H and O–H groups in total. The first-order valence-electron chi connectivity index (χ1n) is 9.14. The molecule has 1 aromatic carbocycles. The van der Waals surface area contributed by atoms with Crippen molar-refractivity contribution in [3.63, 3.8) is 0 Å². The standard InChI is InChI=1S/C20H30BNO3/c1-13-11-15(22-14(2)18(3,4)12-17(22)23)9-10-16(13)21-24-19(5,6)20(7,8)25-21/h9-11,14H,12H2,1-8H3. The van der Waals surface area contributed by atoms with Crippen LogP contribution in [0.1, 0.15) is 60.5 Å². The predicted octanol–water partition coefficient (Wildman–Crippen LogP) is 3.45. The number of amides is 1. The molecule has 2 aliphatic rings. The lowest BCUT2D eigenvalue weighted by Crippen LogP contribution is -2.41. The zero-order valence-electron chi connectivity index (χ0n) is 16.8. The molecule has 2 aliphatic heterocycles. The van der Waals surface area contributed by atoms with Crippen molar-refractivity contribution in [3.05, 3.63) is 23.8 Å². The Morgan fingerprint density at radius 1 is 1.08 bits per heavy atom. The van der Waals surface area contributed by atoms with E-state index in [4.69, 9.17) is 9.31 Å². The van der Waals surface area contributed by atoms with Gasteiger partial charge in [0.2, 0.25) is 5.91 Å². The molecule has 0 spiro atoms. The molecule has 1 atom stereocenters. The molecule has 0 aromatic heterocycles. The molecule has 0 bridgehead atoms. The van der Waals surface area contributed by atoms with E-state index in [1.165, 1.54) is 0 Å². The second-order valence-corrected chi connectivity index (χ2v) is 9.23. The summed E-state index contributed by atoms with van der Waals surface area (Å²) < 4.78 is 12.3. The maximum absolute atomic E-state index is 12.5. The van der Waals surface area contributed by atoms with E-state index in [0.29, 0.717) is 6.42 Å². The van der Waals surface area contributed by atoms with Crippen LogP contribution in [0, 0.1) is 12.3 Å². The highest BCUT2D eigenvalue weighted by Gasteiger charge is 2.52. The summed E-state index contributed by atoms with van der Waals surface area (Å²) in [5, 5.41) is 0. The molecule has 3 rings (SSSR count). The van der Waals surface area contributed by atoms with Crippen LogP contribution in [-0.4, -0.2) is 30.3 Å². The summed E-state index contributed by atoms with van der Waals surface area (Å²) >= 11 is 0. The Hall–Kier alpha value is -1.33. The van der Waals surface area contributed by atoms with Crippen molar-refractivity contribution in [3.8, 4) is 0 Å². The van der Waals surface area contributed by atoms with E-state index >= 15 is 0 Å². The third-order valence-corrected chi connectivity index (χ3v) is 6.43. The fourth-order valence-corrected chi connectivity index (χ4v) is 3.60. The number of carbonyl (C=O) groups excluding carboxylic acids is 1. The number of hydrogen-bond donors (Lipinski definition) is 0. The number of anilines is 1. The molecule has 2 saturated heterocycles. The van der Waals surface area contributed by atoms with Crippen molar-refractivity contribution in [2.45, 2.75) is 79.1 Å². The molecule has 2 heterocycles. The van der Waals surface area contributed by atoms with Crippen LogP contribution in [0.15, 0.2) is 18.2 Å². The normalized spacial score (nSPS) is 27.2. The van der Waals surface area contributed by atoms with Gasteiger partial charge >= 0.3 is 7.12 Å². The molecule has 136 valence electrons. The lowest BCUT2D eigenvalue weighted by molar-refractivity contribution is -0.117. The number of carbonyl (C=O) groups is 1. The van der Waals surface area contributed by atoms with Crippen LogP contribution >= 0.6 is 0 Å². The van der Waals surface area contributed by atoms with E-state index in [-0.39, 0.29) is 35.7 Å². The lowest BCUT2D eigenvalue weighted by atomic mass is 9.76. The van der Waals surface area contributed by atoms with E-state index in [1.54, 1.807) is 0 Å². The highest BCUT2D eigenvalue weighted by Crippen LogP contribution is 2.40. The van der Waals surface area contributed by atoms with E-state index in [9.17, 15) is 4.79 Å². The third-order valence-electron chi connectivity index (χ3n) is 6.43. The Bertz CT molecular complexity index is 695. The average Bonchev–Trinajstić information content (AvgIpc) is 2.78. The summed E-state index contributed by atoms with van der Waals surface area (Å²) in [5.74, 6) is 0.195. The monoisotopic (exact) mass is 343 g/mol. The molecular weight excluding hydrogens is 313 g/mol. The molecule has 0 saturated carbocycles. The summed E-state index contributed by atoms with van der Waals surface area (Å²) in [7, 11) is -0.373. The molecular formula is C20H30BNO3. The molecule has 2 fully saturated rings. The van der Waals surface area contributed by atoms with Crippen molar-refractivity contribution in [2.24, 2.45) is 5.41 Å². The Labute approximate surface area is 152 Å². The smallest absolute Gasteiger partial charge is 0.399 e. The van der Waals surface area contributed by atoms with Gasteiger partial charge in [0, 0.05) is 18.2 Å². The van der Waals surface area contributed by atoms with Crippen LogP contribution in [-0.2, 0) is 14.1 Å². The average molecular weight is 343 g/mol. The van der Waals surface area contributed by atoms with Crippen molar-refractivity contribution in [1.82, 2.24) is 0 Å².